The van der Waals surface area contributed by atoms with Gasteiger partial charge in [-0.15, -0.1) is 0 Å². The van der Waals surface area contributed by atoms with Gasteiger partial charge in [0.2, 0.25) is 11.8 Å². The molecule has 2 amide bonds. The average molecular weight is 357 g/mol. The van der Waals surface area contributed by atoms with Gasteiger partial charge in [-0.3, -0.25) is 5.32 Å². The number of hydrogen-bond donors (Lipinski definition) is 2. The second kappa shape index (κ2) is 6.80. The first-order valence-electron chi connectivity index (χ1n) is 6.30. The molecule has 0 aliphatic heterocycles. The lowest BCUT2D eigenvalue weighted by molar-refractivity contribution is 0.256. The fraction of sp³-hybridized carbons (Fsp3) is 0.154. The summed E-state index contributed by atoms with van der Waals surface area (Å²) in [5.74, 6) is 0.149. The lowest BCUT2D eigenvalue weighted by Crippen LogP contribution is -2.35. The van der Waals surface area contributed by atoms with Crippen molar-refractivity contribution in [1.29, 1.82) is 0 Å². The Kier molecular flexibility index (Phi) is 5.02. The number of halogens is 1. The number of aromatic nitrogens is 2. The van der Waals surface area contributed by atoms with E-state index in [-0.39, 0.29) is 21.7 Å². The number of ether oxygens (including phenoxy) is 1. The van der Waals surface area contributed by atoms with Crippen LogP contribution in [0.25, 0.3) is 0 Å². The van der Waals surface area contributed by atoms with E-state index < -0.39 is 16.1 Å². The molecule has 0 atom stereocenters. The molecule has 1 aromatic carbocycles. The average Bonchev–Trinajstić information content (AvgIpc) is 2.46. The van der Waals surface area contributed by atoms with Gasteiger partial charge in [-0.05, 0) is 19.1 Å². The number of carbonyl (C=O) groups excluding carboxylic acids is 1. The molecule has 1 aromatic heterocycles. The Balaban J connectivity index is 2.16. The smallest absolute Gasteiger partial charge is 0.335 e. The number of nitrogens with zero attached hydrogens (tertiary/aromatic N) is 2. The van der Waals surface area contributed by atoms with Crippen LogP contribution in [0, 0.1) is 6.92 Å². The second-order valence-electron chi connectivity index (χ2n) is 4.37. The van der Waals surface area contributed by atoms with Crippen molar-refractivity contribution in [3.05, 3.63) is 41.0 Å². The Labute approximate surface area is 137 Å². The zero-order valence-electron chi connectivity index (χ0n) is 12.2. The fourth-order valence-corrected chi connectivity index (χ4v) is 3.09. The minimum atomic E-state index is -4.12. The standard InChI is InChI=1S/C13H13ClN4O4S/c1-8-7-11(22-2)16-12(15-8)17-13(19)18-23(20,21)10-6-4-3-5-9(10)14/h3-7H,1-2H3,(H2,15,16,17,18,19). The predicted molar refractivity (Wildman–Crippen MR) is 84.1 cm³/mol. The molecule has 0 fully saturated rings. The first-order valence-corrected chi connectivity index (χ1v) is 8.16. The molecule has 1 heterocycles. The highest BCUT2D eigenvalue weighted by Gasteiger charge is 2.21. The van der Waals surface area contributed by atoms with Gasteiger partial charge in [-0.2, -0.15) is 4.98 Å². The molecule has 0 saturated heterocycles. The van der Waals surface area contributed by atoms with Crippen molar-refractivity contribution in [2.24, 2.45) is 0 Å². The Hall–Kier alpha value is -2.39. The number of amides is 2. The van der Waals surface area contributed by atoms with Crippen molar-refractivity contribution in [3.63, 3.8) is 0 Å². The first-order chi connectivity index (χ1) is 10.8. The highest BCUT2D eigenvalue weighted by molar-refractivity contribution is 7.90. The van der Waals surface area contributed by atoms with Crippen LogP contribution < -0.4 is 14.8 Å². The van der Waals surface area contributed by atoms with Gasteiger partial charge in [0.25, 0.3) is 10.0 Å². The number of methoxy groups -OCH3 is 1. The quantitative estimate of drug-likeness (QED) is 0.866. The number of carbonyl (C=O) groups is 1. The van der Waals surface area contributed by atoms with Crippen LogP contribution in [-0.4, -0.2) is 31.5 Å². The van der Waals surface area contributed by atoms with Crippen molar-refractivity contribution in [1.82, 2.24) is 14.7 Å². The molecule has 10 heteroatoms. The van der Waals surface area contributed by atoms with E-state index in [9.17, 15) is 13.2 Å². The summed E-state index contributed by atoms with van der Waals surface area (Å²) < 4.78 is 31.0. The molecular weight excluding hydrogens is 344 g/mol. The van der Waals surface area contributed by atoms with Gasteiger partial charge in [-0.25, -0.2) is 22.9 Å². The van der Waals surface area contributed by atoms with Gasteiger partial charge < -0.3 is 4.74 Å². The molecule has 0 spiro atoms. The molecule has 0 saturated carbocycles. The van der Waals surface area contributed by atoms with E-state index in [1.165, 1.54) is 25.3 Å². The van der Waals surface area contributed by atoms with Crippen LogP contribution in [0.2, 0.25) is 5.02 Å². The van der Waals surface area contributed by atoms with Gasteiger partial charge >= 0.3 is 6.03 Å². The van der Waals surface area contributed by atoms with E-state index in [1.807, 2.05) is 4.72 Å². The molecule has 2 N–H and O–H groups in total. The van der Waals surface area contributed by atoms with Gasteiger partial charge in [0.1, 0.15) is 4.90 Å². The van der Waals surface area contributed by atoms with Gasteiger partial charge in [0.15, 0.2) is 0 Å². The highest BCUT2D eigenvalue weighted by atomic mass is 35.5. The summed E-state index contributed by atoms with van der Waals surface area (Å²) in [6, 6.07) is 6.30. The van der Waals surface area contributed by atoms with Crippen molar-refractivity contribution < 1.29 is 17.9 Å². The number of anilines is 1. The summed E-state index contributed by atoms with van der Waals surface area (Å²) in [5.41, 5.74) is 0.543. The zero-order chi connectivity index (χ0) is 17.0. The molecule has 0 unspecified atom stereocenters. The topological polar surface area (TPSA) is 110 Å². The number of urea groups is 1. The van der Waals surface area contributed by atoms with E-state index in [1.54, 1.807) is 19.1 Å². The lowest BCUT2D eigenvalue weighted by Gasteiger charge is -2.09. The zero-order valence-corrected chi connectivity index (χ0v) is 13.8. The third-order valence-electron chi connectivity index (χ3n) is 2.62. The lowest BCUT2D eigenvalue weighted by atomic mass is 10.4. The van der Waals surface area contributed by atoms with Crippen LogP contribution >= 0.6 is 11.6 Å². The van der Waals surface area contributed by atoms with E-state index in [0.717, 1.165) is 0 Å². The van der Waals surface area contributed by atoms with E-state index in [0.29, 0.717) is 5.69 Å². The van der Waals surface area contributed by atoms with E-state index >= 15 is 0 Å². The summed E-state index contributed by atoms with van der Waals surface area (Å²) in [4.78, 5) is 19.5. The van der Waals surface area contributed by atoms with Crippen molar-refractivity contribution in [2.75, 3.05) is 12.4 Å². The maximum absolute atomic E-state index is 12.1. The van der Waals surface area contributed by atoms with Crippen molar-refractivity contribution >= 4 is 33.6 Å². The number of hydrogen-bond acceptors (Lipinski definition) is 6. The third kappa shape index (κ3) is 4.30. The van der Waals surface area contributed by atoms with Crippen LogP contribution in [0.15, 0.2) is 35.2 Å². The molecule has 2 aromatic rings. The first kappa shape index (κ1) is 17.0. The maximum atomic E-state index is 12.1. The minimum Gasteiger partial charge on any atom is -0.481 e. The Bertz CT molecular complexity index is 842. The summed E-state index contributed by atoms with van der Waals surface area (Å²) in [7, 11) is -2.71. The molecule has 8 nitrogen and oxygen atoms in total. The summed E-state index contributed by atoms with van der Waals surface area (Å²) in [6.07, 6.45) is 0. The number of sulfonamides is 1. The minimum absolute atomic E-state index is 0.00118. The van der Waals surface area contributed by atoms with Gasteiger partial charge in [0.05, 0.1) is 12.1 Å². The van der Waals surface area contributed by atoms with Gasteiger partial charge in [0, 0.05) is 11.8 Å². The van der Waals surface area contributed by atoms with Gasteiger partial charge in [-0.1, -0.05) is 23.7 Å². The largest absolute Gasteiger partial charge is 0.481 e. The summed E-state index contributed by atoms with van der Waals surface area (Å²) in [6.45, 7) is 1.67. The second-order valence-corrected chi connectivity index (χ2v) is 6.42. The Morgan fingerprint density at radius 2 is 1.96 bits per heavy atom. The Morgan fingerprint density at radius 1 is 1.26 bits per heavy atom. The Morgan fingerprint density at radius 3 is 2.61 bits per heavy atom. The molecule has 0 bridgehead atoms. The SMILES string of the molecule is COc1cc(C)nc(NC(=O)NS(=O)(=O)c2ccccc2Cl)n1. The molecule has 23 heavy (non-hydrogen) atoms. The molecule has 0 aliphatic rings. The molecule has 0 aliphatic carbocycles. The van der Waals surface area contributed by atoms with Crippen LogP contribution in [0.4, 0.5) is 10.7 Å². The normalized spacial score (nSPS) is 10.9. The molecule has 2 rings (SSSR count). The van der Waals surface area contributed by atoms with E-state index in [2.05, 4.69) is 15.3 Å². The summed E-state index contributed by atoms with van der Waals surface area (Å²) >= 11 is 5.82. The van der Waals surface area contributed by atoms with Crippen molar-refractivity contribution in [3.8, 4) is 5.88 Å². The molecule has 122 valence electrons. The number of benzene rings is 1. The van der Waals surface area contributed by atoms with Crippen LogP contribution in [-0.2, 0) is 10.0 Å². The monoisotopic (exact) mass is 356 g/mol. The van der Waals surface area contributed by atoms with Crippen LogP contribution in [0.5, 0.6) is 5.88 Å². The molecule has 0 radical (unpaired) electrons. The number of rotatable bonds is 4. The predicted octanol–water partition coefficient (Wildman–Crippen LogP) is 1.96. The highest BCUT2D eigenvalue weighted by Crippen LogP contribution is 2.20. The molecular formula is C13H13ClN4O4S. The van der Waals surface area contributed by atoms with E-state index in [4.69, 9.17) is 16.3 Å². The maximum Gasteiger partial charge on any atom is 0.335 e. The van der Waals surface area contributed by atoms with Crippen LogP contribution in [0.3, 0.4) is 0 Å². The third-order valence-corrected chi connectivity index (χ3v) is 4.45. The number of aryl methyl sites for hydroxylation is 1. The number of nitrogens with one attached hydrogen (secondary N) is 2. The summed E-state index contributed by atoms with van der Waals surface area (Å²) in [5, 5.41) is 2.23. The fourth-order valence-electron chi connectivity index (χ4n) is 1.67. The van der Waals surface area contributed by atoms with Crippen LogP contribution in [0.1, 0.15) is 5.69 Å². The van der Waals surface area contributed by atoms with Crippen molar-refractivity contribution in [2.45, 2.75) is 11.8 Å².